The van der Waals surface area contributed by atoms with Crippen LogP contribution in [-0.4, -0.2) is 25.8 Å². The number of nitrogens with one attached hydrogen (secondary N) is 1. The highest BCUT2D eigenvalue weighted by Crippen LogP contribution is 2.36. The van der Waals surface area contributed by atoms with Crippen LogP contribution in [0.3, 0.4) is 0 Å². The van der Waals surface area contributed by atoms with Crippen molar-refractivity contribution in [2.45, 2.75) is 63.9 Å². The third-order valence-electron chi connectivity index (χ3n) is 4.71. The van der Waals surface area contributed by atoms with Gasteiger partial charge < -0.3 is 10.1 Å². The number of hydrogen-bond acceptors (Lipinski definition) is 2. The average Bonchev–Trinajstić information content (AvgIpc) is 2.22. The van der Waals surface area contributed by atoms with Crippen molar-refractivity contribution in [3.8, 4) is 0 Å². The Morgan fingerprint density at radius 3 is 2.65 bits per heavy atom. The first kappa shape index (κ1) is 13.4. The Morgan fingerprint density at radius 2 is 2.06 bits per heavy atom. The van der Waals surface area contributed by atoms with Crippen molar-refractivity contribution in [3.63, 3.8) is 0 Å². The predicted octanol–water partition coefficient (Wildman–Crippen LogP) is 3.36. The standard InChI is InChI=1S/C15H29NO/c1-13-5-4-9-15(11-13,12-16-2)17-10-8-14-6-3-7-14/h13-14,16H,3-12H2,1-2H3. The highest BCUT2D eigenvalue weighted by molar-refractivity contribution is 4.89. The summed E-state index contributed by atoms with van der Waals surface area (Å²) in [6.07, 6.45) is 10.9. The minimum atomic E-state index is 0.149. The highest BCUT2D eigenvalue weighted by atomic mass is 16.5. The third-order valence-corrected chi connectivity index (χ3v) is 4.71. The fourth-order valence-electron chi connectivity index (χ4n) is 3.50. The zero-order valence-electron chi connectivity index (χ0n) is 11.6. The molecule has 2 rings (SSSR count). The van der Waals surface area contributed by atoms with Gasteiger partial charge in [0.2, 0.25) is 0 Å². The highest BCUT2D eigenvalue weighted by Gasteiger charge is 2.35. The van der Waals surface area contributed by atoms with Gasteiger partial charge in [0.05, 0.1) is 5.60 Å². The number of likely N-dealkylation sites (N-methyl/N-ethyl adjacent to an activating group) is 1. The van der Waals surface area contributed by atoms with Crippen LogP contribution < -0.4 is 5.32 Å². The van der Waals surface area contributed by atoms with E-state index in [4.69, 9.17) is 4.74 Å². The Balaban J connectivity index is 1.77. The maximum Gasteiger partial charge on any atom is 0.0808 e. The van der Waals surface area contributed by atoms with Crippen LogP contribution in [0.15, 0.2) is 0 Å². The van der Waals surface area contributed by atoms with E-state index in [0.717, 1.165) is 25.0 Å². The van der Waals surface area contributed by atoms with E-state index in [1.54, 1.807) is 0 Å². The average molecular weight is 239 g/mol. The first-order valence-corrected chi connectivity index (χ1v) is 7.53. The lowest BCUT2D eigenvalue weighted by atomic mass is 9.78. The second-order valence-electron chi connectivity index (χ2n) is 6.35. The van der Waals surface area contributed by atoms with Crippen molar-refractivity contribution >= 4 is 0 Å². The van der Waals surface area contributed by atoms with Crippen molar-refractivity contribution in [2.75, 3.05) is 20.2 Å². The van der Waals surface area contributed by atoms with Gasteiger partial charge in [0.25, 0.3) is 0 Å². The SMILES string of the molecule is CNCC1(OCCC2CCC2)CCCC(C)C1. The molecular formula is C15H29NO. The van der Waals surface area contributed by atoms with Gasteiger partial charge in [0.15, 0.2) is 0 Å². The predicted molar refractivity (Wildman–Crippen MR) is 72.2 cm³/mol. The number of ether oxygens (including phenoxy) is 1. The monoisotopic (exact) mass is 239 g/mol. The quantitative estimate of drug-likeness (QED) is 0.767. The fraction of sp³-hybridized carbons (Fsp3) is 1.00. The van der Waals surface area contributed by atoms with E-state index in [1.165, 1.54) is 51.4 Å². The summed E-state index contributed by atoms with van der Waals surface area (Å²) in [7, 11) is 2.05. The van der Waals surface area contributed by atoms with Gasteiger partial charge in [0.1, 0.15) is 0 Å². The molecule has 17 heavy (non-hydrogen) atoms. The number of hydrogen-bond donors (Lipinski definition) is 1. The molecular weight excluding hydrogens is 210 g/mol. The van der Waals surface area contributed by atoms with Crippen molar-refractivity contribution in [3.05, 3.63) is 0 Å². The Labute approximate surface area is 107 Å². The van der Waals surface area contributed by atoms with E-state index < -0.39 is 0 Å². The van der Waals surface area contributed by atoms with E-state index in [0.29, 0.717) is 0 Å². The van der Waals surface area contributed by atoms with Gasteiger partial charge in [-0.2, -0.15) is 0 Å². The molecule has 2 nitrogen and oxygen atoms in total. The van der Waals surface area contributed by atoms with Crippen molar-refractivity contribution in [1.29, 1.82) is 0 Å². The molecule has 0 bridgehead atoms. The molecule has 2 aliphatic rings. The summed E-state index contributed by atoms with van der Waals surface area (Å²) >= 11 is 0. The van der Waals surface area contributed by atoms with Crippen molar-refractivity contribution in [1.82, 2.24) is 5.32 Å². The van der Waals surface area contributed by atoms with E-state index in [-0.39, 0.29) is 5.60 Å². The zero-order valence-corrected chi connectivity index (χ0v) is 11.6. The van der Waals surface area contributed by atoms with Crippen LogP contribution in [-0.2, 0) is 4.74 Å². The summed E-state index contributed by atoms with van der Waals surface area (Å²) in [6.45, 7) is 4.39. The van der Waals surface area contributed by atoms with E-state index >= 15 is 0 Å². The molecule has 0 amide bonds. The lowest BCUT2D eigenvalue weighted by Gasteiger charge is -2.40. The first-order valence-electron chi connectivity index (χ1n) is 7.53. The Hall–Kier alpha value is -0.0800. The molecule has 2 saturated carbocycles. The molecule has 100 valence electrons. The molecule has 0 heterocycles. The summed E-state index contributed by atoms with van der Waals surface area (Å²) < 4.78 is 6.33. The van der Waals surface area contributed by atoms with Crippen LogP contribution >= 0.6 is 0 Å². The van der Waals surface area contributed by atoms with Crippen LogP contribution in [0.25, 0.3) is 0 Å². The number of rotatable bonds is 6. The lowest BCUT2D eigenvalue weighted by Crippen LogP contribution is -2.46. The third kappa shape index (κ3) is 3.69. The van der Waals surface area contributed by atoms with Crippen molar-refractivity contribution in [2.24, 2.45) is 11.8 Å². The summed E-state index contributed by atoms with van der Waals surface area (Å²) in [5.41, 5.74) is 0.149. The second kappa shape index (κ2) is 6.19. The molecule has 0 aromatic rings. The van der Waals surface area contributed by atoms with Gasteiger partial charge in [-0.3, -0.25) is 0 Å². The lowest BCUT2D eigenvalue weighted by molar-refractivity contribution is -0.0839. The van der Waals surface area contributed by atoms with E-state index in [1.807, 2.05) is 0 Å². The van der Waals surface area contributed by atoms with Crippen LogP contribution in [0.1, 0.15) is 58.3 Å². The van der Waals surface area contributed by atoms with Gasteiger partial charge in [-0.05, 0) is 38.1 Å². The molecule has 1 N–H and O–H groups in total. The zero-order chi connectivity index (χ0) is 12.1. The molecule has 2 unspecified atom stereocenters. The van der Waals surface area contributed by atoms with Crippen LogP contribution in [0.4, 0.5) is 0 Å². The Bertz CT molecular complexity index is 223. The summed E-state index contributed by atoms with van der Waals surface area (Å²) in [5.74, 6) is 1.81. The molecule has 2 aliphatic carbocycles. The fourth-order valence-corrected chi connectivity index (χ4v) is 3.50. The van der Waals surface area contributed by atoms with Gasteiger partial charge >= 0.3 is 0 Å². The van der Waals surface area contributed by atoms with E-state index in [2.05, 4.69) is 19.3 Å². The largest absolute Gasteiger partial charge is 0.374 e. The molecule has 0 saturated heterocycles. The molecule has 0 aliphatic heterocycles. The molecule has 2 heteroatoms. The molecule has 0 radical (unpaired) electrons. The van der Waals surface area contributed by atoms with Gasteiger partial charge in [-0.25, -0.2) is 0 Å². The minimum Gasteiger partial charge on any atom is -0.374 e. The summed E-state index contributed by atoms with van der Waals surface area (Å²) in [5, 5.41) is 3.34. The summed E-state index contributed by atoms with van der Waals surface area (Å²) in [4.78, 5) is 0. The van der Waals surface area contributed by atoms with E-state index in [9.17, 15) is 0 Å². The molecule has 0 spiro atoms. The molecule has 0 aromatic carbocycles. The Kier molecular flexibility index (Phi) is 4.87. The van der Waals surface area contributed by atoms with Crippen LogP contribution in [0.2, 0.25) is 0 Å². The molecule has 2 atom stereocenters. The molecule has 0 aromatic heterocycles. The summed E-state index contributed by atoms with van der Waals surface area (Å²) in [6, 6.07) is 0. The van der Waals surface area contributed by atoms with Gasteiger partial charge in [-0.15, -0.1) is 0 Å². The Morgan fingerprint density at radius 1 is 1.24 bits per heavy atom. The van der Waals surface area contributed by atoms with Crippen molar-refractivity contribution < 1.29 is 4.74 Å². The topological polar surface area (TPSA) is 21.3 Å². The molecule has 2 fully saturated rings. The van der Waals surface area contributed by atoms with Gasteiger partial charge in [0, 0.05) is 13.2 Å². The maximum absolute atomic E-state index is 6.33. The van der Waals surface area contributed by atoms with Crippen LogP contribution in [0.5, 0.6) is 0 Å². The minimum absolute atomic E-state index is 0.149. The smallest absolute Gasteiger partial charge is 0.0808 e. The van der Waals surface area contributed by atoms with Crippen LogP contribution in [0, 0.1) is 11.8 Å². The second-order valence-corrected chi connectivity index (χ2v) is 6.35. The van der Waals surface area contributed by atoms with Gasteiger partial charge in [-0.1, -0.05) is 39.0 Å². The normalized spacial score (nSPS) is 34.6. The maximum atomic E-state index is 6.33. The first-order chi connectivity index (χ1) is 8.24.